The highest BCUT2D eigenvalue weighted by atomic mass is 16.2. The molecule has 0 bridgehead atoms. The van der Waals surface area contributed by atoms with Crippen LogP contribution in [0.2, 0.25) is 0 Å². The number of rotatable bonds is 3. The Balaban J connectivity index is 1.52. The van der Waals surface area contributed by atoms with Crippen LogP contribution in [0, 0.1) is 12.8 Å². The lowest BCUT2D eigenvalue weighted by Gasteiger charge is -2.33. The zero-order chi connectivity index (χ0) is 18.1. The standard InChI is InChI=1S/C18H21N7O/c1-12-5-3-7-15(22-12)23-18(26)13-6-4-8-25(10-13)17-14-9-21-24(2)16(14)19-11-20-17/h3,5,7,9,11,13H,4,6,8,10H2,1-2H3,(H,22,23,26). The Labute approximate surface area is 151 Å². The highest BCUT2D eigenvalue weighted by Gasteiger charge is 2.28. The van der Waals surface area contributed by atoms with Gasteiger partial charge in [0.25, 0.3) is 0 Å². The van der Waals surface area contributed by atoms with Crippen LogP contribution in [-0.4, -0.2) is 43.7 Å². The summed E-state index contributed by atoms with van der Waals surface area (Å²) in [7, 11) is 1.86. The summed E-state index contributed by atoms with van der Waals surface area (Å²) in [6.07, 6.45) is 5.13. The highest BCUT2D eigenvalue weighted by molar-refractivity contribution is 5.93. The van der Waals surface area contributed by atoms with Crippen LogP contribution in [0.3, 0.4) is 0 Å². The number of pyridine rings is 1. The molecule has 0 spiro atoms. The van der Waals surface area contributed by atoms with Gasteiger partial charge in [-0.15, -0.1) is 0 Å². The van der Waals surface area contributed by atoms with Gasteiger partial charge in [0.15, 0.2) is 5.65 Å². The fraction of sp³-hybridized carbons (Fsp3) is 0.389. The maximum absolute atomic E-state index is 12.7. The topological polar surface area (TPSA) is 88.8 Å². The van der Waals surface area contributed by atoms with Gasteiger partial charge in [-0.25, -0.2) is 15.0 Å². The van der Waals surface area contributed by atoms with E-state index in [1.54, 1.807) is 17.2 Å². The normalized spacial score (nSPS) is 17.5. The third kappa shape index (κ3) is 3.10. The summed E-state index contributed by atoms with van der Waals surface area (Å²) >= 11 is 0. The lowest BCUT2D eigenvalue weighted by Crippen LogP contribution is -2.41. The van der Waals surface area contributed by atoms with Crippen molar-refractivity contribution in [2.45, 2.75) is 19.8 Å². The van der Waals surface area contributed by atoms with Crippen LogP contribution in [0.4, 0.5) is 11.6 Å². The maximum Gasteiger partial charge on any atom is 0.230 e. The van der Waals surface area contributed by atoms with Crippen molar-refractivity contribution in [3.8, 4) is 0 Å². The number of fused-ring (bicyclic) bond motifs is 1. The summed E-state index contributed by atoms with van der Waals surface area (Å²) in [4.78, 5) is 27.9. The number of aryl methyl sites for hydroxylation is 2. The van der Waals surface area contributed by atoms with Gasteiger partial charge in [0.05, 0.1) is 17.5 Å². The first-order valence-corrected chi connectivity index (χ1v) is 8.74. The molecule has 0 aliphatic carbocycles. The quantitative estimate of drug-likeness (QED) is 0.775. The van der Waals surface area contributed by atoms with Crippen molar-refractivity contribution in [3.63, 3.8) is 0 Å². The van der Waals surface area contributed by atoms with Crippen molar-refractivity contribution in [2.75, 3.05) is 23.3 Å². The van der Waals surface area contributed by atoms with Crippen molar-refractivity contribution in [2.24, 2.45) is 13.0 Å². The van der Waals surface area contributed by atoms with Gasteiger partial charge in [-0.2, -0.15) is 5.10 Å². The smallest absolute Gasteiger partial charge is 0.230 e. The van der Waals surface area contributed by atoms with Gasteiger partial charge in [-0.3, -0.25) is 9.48 Å². The third-order valence-electron chi connectivity index (χ3n) is 4.74. The average Bonchev–Trinajstić information content (AvgIpc) is 3.03. The molecule has 4 rings (SSSR count). The van der Waals surface area contributed by atoms with Crippen LogP contribution in [0.5, 0.6) is 0 Å². The van der Waals surface area contributed by atoms with Gasteiger partial charge < -0.3 is 10.2 Å². The van der Waals surface area contributed by atoms with Gasteiger partial charge >= 0.3 is 0 Å². The highest BCUT2D eigenvalue weighted by Crippen LogP contribution is 2.27. The Bertz CT molecular complexity index is 952. The molecule has 8 nitrogen and oxygen atoms in total. The molecule has 4 heterocycles. The zero-order valence-corrected chi connectivity index (χ0v) is 14.9. The van der Waals surface area contributed by atoms with Gasteiger partial charge in [-0.1, -0.05) is 6.07 Å². The summed E-state index contributed by atoms with van der Waals surface area (Å²) in [5.74, 6) is 1.34. The van der Waals surface area contributed by atoms with E-state index in [-0.39, 0.29) is 11.8 Å². The molecule has 1 N–H and O–H groups in total. The molecule has 1 fully saturated rings. The number of carbonyl (C=O) groups excluding carboxylic acids is 1. The van der Waals surface area contributed by atoms with E-state index in [0.29, 0.717) is 12.4 Å². The van der Waals surface area contributed by atoms with Crippen molar-refractivity contribution in [1.29, 1.82) is 0 Å². The van der Waals surface area contributed by atoms with Crippen LogP contribution in [0.15, 0.2) is 30.7 Å². The van der Waals surface area contributed by atoms with Crippen LogP contribution >= 0.6 is 0 Å². The van der Waals surface area contributed by atoms with E-state index in [1.807, 2.05) is 32.2 Å². The summed E-state index contributed by atoms with van der Waals surface area (Å²) < 4.78 is 1.73. The van der Waals surface area contributed by atoms with Gasteiger partial charge in [0, 0.05) is 25.8 Å². The fourth-order valence-corrected chi connectivity index (χ4v) is 3.43. The summed E-state index contributed by atoms with van der Waals surface area (Å²) in [5.41, 5.74) is 1.68. The minimum absolute atomic E-state index is 0.00397. The Morgan fingerprint density at radius 2 is 2.19 bits per heavy atom. The van der Waals surface area contributed by atoms with Gasteiger partial charge in [0.1, 0.15) is 18.0 Å². The lowest BCUT2D eigenvalue weighted by molar-refractivity contribution is -0.120. The molecule has 1 atom stereocenters. The van der Waals surface area contributed by atoms with Crippen LogP contribution < -0.4 is 10.2 Å². The molecule has 1 saturated heterocycles. The number of hydrogen-bond donors (Lipinski definition) is 1. The SMILES string of the molecule is Cc1cccc(NC(=O)C2CCCN(c3ncnc4c3cnn4C)C2)n1. The zero-order valence-electron chi connectivity index (χ0n) is 14.9. The summed E-state index contributed by atoms with van der Waals surface area (Å²) in [6, 6.07) is 5.62. The van der Waals surface area contributed by atoms with E-state index in [4.69, 9.17) is 0 Å². The molecule has 0 radical (unpaired) electrons. The number of nitrogens with one attached hydrogen (secondary N) is 1. The minimum atomic E-state index is -0.104. The molecular weight excluding hydrogens is 330 g/mol. The molecule has 3 aromatic rings. The number of amides is 1. The Kier molecular flexibility index (Phi) is 4.24. The van der Waals surface area contributed by atoms with Crippen molar-refractivity contribution < 1.29 is 4.79 Å². The van der Waals surface area contributed by atoms with Gasteiger partial charge in [-0.05, 0) is 31.9 Å². The molecule has 0 aromatic carbocycles. The molecule has 134 valence electrons. The third-order valence-corrected chi connectivity index (χ3v) is 4.74. The molecule has 26 heavy (non-hydrogen) atoms. The summed E-state index contributed by atoms with van der Waals surface area (Å²) in [5, 5.41) is 8.12. The van der Waals surface area contributed by atoms with Crippen molar-refractivity contribution in [3.05, 3.63) is 36.4 Å². The first-order chi connectivity index (χ1) is 12.6. The molecule has 8 heteroatoms. The van der Waals surface area contributed by atoms with Crippen LogP contribution in [0.25, 0.3) is 11.0 Å². The fourth-order valence-electron chi connectivity index (χ4n) is 3.43. The second-order valence-corrected chi connectivity index (χ2v) is 6.64. The molecule has 1 aliphatic heterocycles. The Hall–Kier alpha value is -3.03. The molecule has 1 amide bonds. The van der Waals surface area contributed by atoms with E-state index >= 15 is 0 Å². The van der Waals surface area contributed by atoms with Crippen LogP contribution in [-0.2, 0) is 11.8 Å². The Morgan fingerprint density at radius 3 is 3.04 bits per heavy atom. The predicted octanol–water partition coefficient (Wildman–Crippen LogP) is 1.92. The second-order valence-electron chi connectivity index (χ2n) is 6.64. The second kappa shape index (κ2) is 6.70. The summed E-state index contributed by atoms with van der Waals surface area (Å²) in [6.45, 7) is 3.40. The van der Waals surface area contributed by atoms with E-state index in [1.165, 1.54) is 0 Å². The largest absolute Gasteiger partial charge is 0.355 e. The number of hydrogen-bond acceptors (Lipinski definition) is 6. The van der Waals surface area contributed by atoms with E-state index in [0.717, 1.165) is 41.9 Å². The number of piperidine rings is 1. The maximum atomic E-state index is 12.7. The number of anilines is 2. The minimum Gasteiger partial charge on any atom is -0.355 e. The first-order valence-electron chi connectivity index (χ1n) is 8.74. The lowest BCUT2D eigenvalue weighted by atomic mass is 9.97. The Morgan fingerprint density at radius 1 is 1.31 bits per heavy atom. The van der Waals surface area contributed by atoms with Crippen molar-refractivity contribution in [1.82, 2.24) is 24.7 Å². The van der Waals surface area contributed by atoms with Crippen molar-refractivity contribution >= 4 is 28.6 Å². The van der Waals surface area contributed by atoms with E-state index < -0.39 is 0 Å². The number of nitrogens with zero attached hydrogens (tertiary/aromatic N) is 6. The average molecular weight is 351 g/mol. The van der Waals surface area contributed by atoms with Crippen LogP contribution in [0.1, 0.15) is 18.5 Å². The number of carbonyl (C=O) groups is 1. The molecule has 3 aromatic heterocycles. The van der Waals surface area contributed by atoms with E-state index in [2.05, 4.69) is 30.3 Å². The number of aromatic nitrogens is 5. The molecule has 0 saturated carbocycles. The monoisotopic (exact) mass is 351 g/mol. The first kappa shape index (κ1) is 16.4. The predicted molar refractivity (Wildman–Crippen MR) is 98.8 cm³/mol. The van der Waals surface area contributed by atoms with E-state index in [9.17, 15) is 4.79 Å². The molecule has 1 unspecified atom stereocenters. The van der Waals surface area contributed by atoms with Gasteiger partial charge in [0.2, 0.25) is 5.91 Å². The molecular formula is C18H21N7O. The molecule has 1 aliphatic rings.